The number of Topliss-reactive ketones (excluding diaryl/α,β-unsaturated/α-hetero) is 1. The van der Waals surface area contributed by atoms with Gasteiger partial charge in [-0.1, -0.05) is 6.07 Å². The number of carbonyl (C=O) groups is 1. The fraction of sp³-hybridized carbons (Fsp3) is 0.136. The lowest BCUT2D eigenvalue weighted by Crippen LogP contribution is -2.08. The largest absolute Gasteiger partial charge is 0.416 e. The van der Waals surface area contributed by atoms with E-state index in [1.807, 2.05) is 19.1 Å². The summed E-state index contributed by atoms with van der Waals surface area (Å²) in [4.78, 5) is 20.5. The first kappa shape index (κ1) is 19.1. The summed E-state index contributed by atoms with van der Waals surface area (Å²) in [6.07, 6.45) is -1.32. The van der Waals surface area contributed by atoms with E-state index >= 15 is 0 Å². The number of anilines is 1. The Hall–Kier alpha value is -3.88. The highest BCUT2D eigenvalue weighted by Crippen LogP contribution is 2.35. The number of imidazole rings is 1. The molecule has 6 nitrogen and oxygen atoms in total. The second kappa shape index (κ2) is 6.56. The Bertz CT molecular complexity index is 1390. The summed E-state index contributed by atoms with van der Waals surface area (Å²) < 4.78 is 40.4. The summed E-state index contributed by atoms with van der Waals surface area (Å²) in [5.41, 5.74) is 9.39. The molecule has 0 amide bonds. The number of ketones is 1. The van der Waals surface area contributed by atoms with Gasteiger partial charge in [-0.2, -0.15) is 18.3 Å². The van der Waals surface area contributed by atoms with Gasteiger partial charge in [-0.05, 0) is 54.5 Å². The Balaban J connectivity index is 1.47. The van der Waals surface area contributed by atoms with Gasteiger partial charge in [-0.15, -0.1) is 0 Å². The van der Waals surface area contributed by atoms with Gasteiger partial charge < -0.3 is 10.7 Å². The number of benzene rings is 2. The minimum Gasteiger partial charge on any atom is -0.383 e. The van der Waals surface area contributed by atoms with E-state index in [1.54, 1.807) is 6.07 Å². The van der Waals surface area contributed by atoms with E-state index in [2.05, 4.69) is 15.1 Å². The maximum Gasteiger partial charge on any atom is 0.416 e. The highest BCUT2D eigenvalue weighted by Gasteiger charge is 2.32. The number of aromatic amines is 1. The number of nitrogens with zero attached hydrogens (tertiary/aromatic N) is 3. The molecular weight excluding hydrogens is 407 g/mol. The predicted octanol–water partition coefficient (Wildman–Crippen LogP) is 4.48. The fourth-order valence-corrected chi connectivity index (χ4v) is 3.82. The number of hydrogen-bond acceptors (Lipinski definition) is 4. The van der Waals surface area contributed by atoms with E-state index in [1.165, 1.54) is 23.0 Å². The van der Waals surface area contributed by atoms with Crippen LogP contribution in [0, 0.1) is 6.92 Å². The van der Waals surface area contributed by atoms with Crippen LogP contribution in [0.15, 0.2) is 48.2 Å². The van der Waals surface area contributed by atoms with E-state index in [4.69, 9.17) is 5.73 Å². The van der Waals surface area contributed by atoms with Crippen LogP contribution in [0.2, 0.25) is 0 Å². The molecule has 0 saturated carbocycles. The average Bonchev–Trinajstić information content (AvgIpc) is 3.40. The molecule has 156 valence electrons. The Labute approximate surface area is 174 Å². The molecule has 0 spiro atoms. The lowest BCUT2D eigenvalue weighted by molar-refractivity contribution is -0.137. The van der Waals surface area contributed by atoms with Gasteiger partial charge in [0.05, 0.1) is 34.0 Å². The minimum absolute atomic E-state index is 0.161. The maximum absolute atomic E-state index is 13.0. The zero-order valence-electron chi connectivity index (χ0n) is 16.3. The summed E-state index contributed by atoms with van der Waals surface area (Å²) >= 11 is 0. The van der Waals surface area contributed by atoms with Crippen molar-refractivity contribution in [1.82, 2.24) is 19.7 Å². The van der Waals surface area contributed by atoms with Gasteiger partial charge in [0.2, 0.25) is 0 Å². The van der Waals surface area contributed by atoms with Crippen molar-refractivity contribution < 1.29 is 18.0 Å². The second-order valence-corrected chi connectivity index (χ2v) is 7.47. The van der Waals surface area contributed by atoms with Crippen LogP contribution >= 0.6 is 0 Å². The van der Waals surface area contributed by atoms with Crippen LogP contribution in [0.3, 0.4) is 0 Å². The van der Waals surface area contributed by atoms with Gasteiger partial charge in [0, 0.05) is 12.0 Å². The number of aryl methyl sites for hydroxylation is 1. The molecule has 0 atom stereocenters. The van der Waals surface area contributed by atoms with Crippen molar-refractivity contribution in [1.29, 1.82) is 0 Å². The second-order valence-electron chi connectivity index (χ2n) is 7.47. The minimum atomic E-state index is -4.44. The Morgan fingerprint density at radius 3 is 2.77 bits per heavy atom. The predicted molar refractivity (Wildman–Crippen MR) is 110 cm³/mol. The lowest BCUT2D eigenvalue weighted by atomic mass is 10.0. The molecule has 0 saturated heterocycles. The molecule has 2 aromatic carbocycles. The fourth-order valence-electron chi connectivity index (χ4n) is 3.82. The van der Waals surface area contributed by atoms with Gasteiger partial charge in [-0.3, -0.25) is 4.79 Å². The Morgan fingerprint density at radius 2 is 2.00 bits per heavy atom. The molecule has 0 bridgehead atoms. The number of halogens is 3. The number of carbonyl (C=O) groups excluding carboxylic acids is 1. The molecule has 5 rings (SSSR count). The van der Waals surface area contributed by atoms with Crippen molar-refractivity contribution in [3.8, 4) is 5.69 Å². The normalized spacial score (nSPS) is 13.5. The summed E-state index contributed by atoms with van der Waals surface area (Å²) in [5, 5.41) is 4.25. The third-order valence-electron chi connectivity index (χ3n) is 5.35. The van der Waals surface area contributed by atoms with Crippen LogP contribution < -0.4 is 5.73 Å². The number of nitrogens with one attached hydrogen (secondary N) is 1. The molecule has 1 aliphatic rings. The number of nitrogen functional groups attached to an aromatic ring is 1. The number of hydrogen-bond donors (Lipinski definition) is 2. The number of H-pyrrole nitrogens is 1. The smallest absolute Gasteiger partial charge is 0.383 e. The van der Waals surface area contributed by atoms with Crippen LogP contribution in [-0.4, -0.2) is 25.5 Å². The van der Waals surface area contributed by atoms with Gasteiger partial charge in [0.15, 0.2) is 5.78 Å². The molecule has 3 N–H and O–H groups in total. The number of aromatic nitrogens is 4. The van der Waals surface area contributed by atoms with Crippen molar-refractivity contribution in [3.05, 3.63) is 76.2 Å². The molecule has 9 heteroatoms. The lowest BCUT2D eigenvalue weighted by Gasteiger charge is -2.08. The highest BCUT2D eigenvalue weighted by atomic mass is 19.4. The molecule has 2 heterocycles. The topological polar surface area (TPSA) is 89.6 Å². The van der Waals surface area contributed by atoms with Gasteiger partial charge >= 0.3 is 6.18 Å². The first-order chi connectivity index (χ1) is 14.7. The highest BCUT2D eigenvalue weighted by molar-refractivity contribution is 6.15. The monoisotopic (exact) mass is 423 g/mol. The number of nitrogens with two attached hydrogens (primary N) is 1. The van der Waals surface area contributed by atoms with Crippen LogP contribution in [0.25, 0.3) is 22.8 Å². The number of rotatable bonds is 3. The summed E-state index contributed by atoms with van der Waals surface area (Å²) in [6.45, 7) is 1.85. The molecule has 0 unspecified atom stereocenters. The number of alkyl halides is 3. The van der Waals surface area contributed by atoms with E-state index in [-0.39, 0.29) is 23.6 Å². The van der Waals surface area contributed by atoms with E-state index < -0.39 is 11.7 Å². The molecule has 4 aromatic rings. The van der Waals surface area contributed by atoms with Gasteiger partial charge in [-0.25, -0.2) is 9.67 Å². The summed E-state index contributed by atoms with van der Waals surface area (Å²) in [7, 11) is 0. The molecular formula is C22H16F3N5O. The number of fused-ring (bicyclic) bond motifs is 2. The summed E-state index contributed by atoms with van der Waals surface area (Å²) in [5.74, 6) is 0.582. The van der Waals surface area contributed by atoms with E-state index in [9.17, 15) is 18.0 Å². The zero-order valence-corrected chi connectivity index (χ0v) is 16.3. The van der Waals surface area contributed by atoms with Crippen LogP contribution in [0.4, 0.5) is 19.0 Å². The van der Waals surface area contributed by atoms with Crippen molar-refractivity contribution in [2.24, 2.45) is 0 Å². The molecule has 1 aliphatic carbocycles. The molecule has 0 fully saturated rings. The molecule has 0 aliphatic heterocycles. The van der Waals surface area contributed by atoms with Crippen molar-refractivity contribution in [2.45, 2.75) is 19.5 Å². The SMILES string of the molecule is Cc1nc2ccc(-n3ncc(C(=O)C4=Cc5cc(C(F)(F)F)ccc5C4)c3N)cc2[nH]1. The zero-order chi connectivity index (χ0) is 21.9. The van der Waals surface area contributed by atoms with Crippen molar-refractivity contribution >= 4 is 28.7 Å². The molecule has 2 aromatic heterocycles. The maximum atomic E-state index is 13.0. The molecule has 31 heavy (non-hydrogen) atoms. The number of allylic oxidation sites excluding steroid dienone is 1. The quantitative estimate of drug-likeness (QED) is 0.476. The van der Waals surface area contributed by atoms with Gasteiger partial charge in [0.1, 0.15) is 11.6 Å². The van der Waals surface area contributed by atoms with E-state index in [0.717, 1.165) is 29.0 Å². The Kier molecular flexibility index (Phi) is 4.04. The third-order valence-corrected chi connectivity index (χ3v) is 5.35. The standard InChI is InChI=1S/C22H16F3N5O/c1-11-28-18-5-4-16(9-19(18)29-11)30-21(26)17(10-27-30)20(31)14-6-12-2-3-15(22(23,24)25)8-13(12)7-14/h2-5,7-10H,6,26H2,1H3,(H,28,29). The van der Waals surface area contributed by atoms with Crippen LogP contribution in [0.5, 0.6) is 0 Å². The Morgan fingerprint density at radius 1 is 1.19 bits per heavy atom. The summed E-state index contributed by atoms with van der Waals surface area (Å²) in [6, 6.07) is 8.94. The first-order valence-electron chi connectivity index (χ1n) is 9.46. The van der Waals surface area contributed by atoms with Crippen LogP contribution in [-0.2, 0) is 12.6 Å². The van der Waals surface area contributed by atoms with Crippen molar-refractivity contribution in [2.75, 3.05) is 5.73 Å². The average molecular weight is 423 g/mol. The third kappa shape index (κ3) is 3.18. The van der Waals surface area contributed by atoms with Crippen molar-refractivity contribution in [3.63, 3.8) is 0 Å². The first-order valence-corrected chi connectivity index (χ1v) is 9.46. The van der Waals surface area contributed by atoms with Crippen LogP contribution in [0.1, 0.15) is 32.9 Å². The van der Waals surface area contributed by atoms with E-state index in [0.29, 0.717) is 22.4 Å². The van der Waals surface area contributed by atoms with Gasteiger partial charge in [0.25, 0.3) is 0 Å². The molecule has 0 radical (unpaired) electrons.